The third-order valence-electron chi connectivity index (χ3n) is 27.9. The Labute approximate surface area is 797 Å². The van der Waals surface area contributed by atoms with Crippen molar-refractivity contribution >= 4 is 93.3 Å². The Bertz CT molecular complexity index is 5180. The first kappa shape index (κ1) is 100.0. The molecule has 4 saturated carbocycles. The lowest BCUT2D eigenvalue weighted by molar-refractivity contribution is -0.151. The number of azo groups is 2. The predicted octanol–water partition coefficient (Wildman–Crippen LogP) is 24.2. The summed E-state index contributed by atoms with van der Waals surface area (Å²) in [7, 11) is 7.49. The lowest BCUT2D eigenvalue weighted by Gasteiger charge is -2.39. The van der Waals surface area contributed by atoms with Gasteiger partial charge in [0.15, 0.2) is 22.8 Å². The maximum absolute atomic E-state index is 14.3. The summed E-state index contributed by atoms with van der Waals surface area (Å²) in [5, 5.41) is 40.7. The summed E-state index contributed by atoms with van der Waals surface area (Å²) in [5.41, 5.74) is -0.0554. The highest BCUT2D eigenvalue weighted by Crippen LogP contribution is 2.45. The zero-order valence-electron chi connectivity index (χ0n) is 77.9. The van der Waals surface area contributed by atoms with Gasteiger partial charge in [0, 0.05) is 57.7 Å². The molecule has 22 heteroatoms. The third kappa shape index (κ3) is 26.6. The Hall–Kier alpha value is -11.5. The van der Waals surface area contributed by atoms with E-state index in [0.29, 0.717) is 81.5 Å². The number of thioether (sulfide) groups is 2. The quantitative estimate of drug-likeness (QED) is 0.0119. The summed E-state index contributed by atoms with van der Waals surface area (Å²) in [6.07, 6.45) is 23.6. The summed E-state index contributed by atoms with van der Waals surface area (Å²) in [5.74, 6) is 0.562. The summed E-state index contributed by atoms with van der Waals surface area (Å²) in [6, 6.07) is 83.3. The molecule has 700 valence electrons. The van der Waals surface area contributed by atoms with Gasteiger partial charge >= 0.3 is 23.9 Å². The highest BCUT2D eigenvalue weighted by Gasteiger charge is 2.48. The average molecular weight is 1840 g/mol. The first-order valence-electron chi connectivity index (χ1n) is 47.2. The van der Waals surface area contributed by atoms with Crippen molar-refractivity contribution in [2.45, 2.75) is 173 Å². The molecule has 4 fully saturated rings. The lowest BCUT2D eigenvalue weighted by Crippen LogP contribution is -2.52. The number of rotatable bonds is 40. The molecule has 0 radical (unpaired) electrons. The van der Waals surface area contributed by atoms with E-state index in [-0.39, 0.29) is 84.4 Å². The fourth-order valence-corrected chi connectivity index (χ4v) is 20.5. The molecule has 0 bridgehead atoms. The van der Waals surface area contributed by atoms with E-state index in [1.165, 1.54) is 6.42 Å². The van der Waals surface area contributed by atoms with Gasteiger partial charge in [0.1, 0.15) is 37.5 Å². The second-order valence-corrected chi connectivity index (χ2v) is 38.9. The van der Waals surface area contributed by atoms with Gasteiger partial charge in [-0.05, 0) is 272 Å². The van der Waals surface area contributed by atoms with Crippen molar-refractivity contribution < 1.29 is 67.5 Å². The number of Topliss-reactive ketones (excluding diaryl/α,β-unsaturated/α-hetero) is 4. The van der Waals surface area contributed by atoms with Crippen LogP contribution in [0.25, 0.3) is 0 Å². The first-order chi connectivity index (χ1) is 64.9. The normalized spacial score (nSPS) is 20.4. The molecule has 14 rings (SSSR count). The van der Waals surface area contributed by atoms with E-state index < -0.39 is 59.0 Å². The van der Waals surface area contributed by atoms with Crippen LogP contribution in [-0.4, -0.2) is 134 Å². The Kier molecular flexibility index (Phi) is 36.3. The lowest BCUT2D eigenvalue weighted by atomic mass is 9.72. The molecule has 4 aliphatic carbocycles. The highest BCUT2D eigenvalue weighted by molar-refractivity contribution is 7.98. The van der Waals surface area contributed by atoms with Crippen LogP contribution in [0.4, 0.5) is 22.7 Å². The molecule has 0 aliphatic heterocycles. The molecule has 4 aliphatic rings. The number of nitrogens with zero attached hydrogens (tertiary/aromatic N) is 6. The number of benzene rings is 10. The SMILES string of the molecule is CSc1ccc(C(=O)C(COC(=O)CC2CCC(CC3CCC(CC(=O)OCC(C(=O)c4ccc(SC)cc4)(c4ccccc4)N(C)C)CC3)CC2)(c2ccccc2)N(C)C)cc1.O=C(CC1CCC(CC2CCC(CC(=O)OCC(O)(C(=O)c3ccc(N=Nc4ccccc4)cc3)c3ccccc3)CC2)CC1)OCC(O)(C(=O)c1ccc(N=Nc2ccccc2)cc1)c1ccccc1. The topological polar surface area (TPSA) is 270 Å². The standard InChI is InChI=1S/C59H60N4O8.C53H66N2O6S2/c64-54(70-40-58(68,48-13-5-1-6-14-48)56(66)46-29-33-52(34-30-46)62-60-50-17-9-3-10-18-50)38-44-25-21-42(22-26-44)37-43-23-27-45(28-24-43)39-55(65)71-41-59(69,49-15-7-2-8-16-49)57(67)47-31-35-53(36-32-47)63-61-51-19-11-4-12-20-51;1-54(2)52(44-13-9-7-10-14-44,50(58)42-25-29-46(62-5)30-26-42)36-60-48(56)34-40-21-17-38(18-22-40)33-39-19-23-41(24-20-39)35-49(57)61-37-53(55(3)4,45-15-11-8-12-16-45)51(59)43-27-31-47(63-6)32-28-43/h1-20,29-36,42-45,68-69H,21-28,37-41H2;7-16,25-32,38-41H,17-24,33-37H2,1-6H3. The van der Waals surface area contributed by atoms with Crippen LogP contribution >= 0.6 is 23.5 Å². The number of carbonyl (C=O) groups excluding carboxylic acids is 8. The molecular weight excluding hydrogens is 1720 g/mol. The monoisotopic (exact) mass is 1840 g/mol. The second-order valence-electron chi connectivity index (χ2n) is 37.1. The van der Waals surface area contributed by atoms with Crippen LogP contribution in [0, 0.1) is 47.3 Å². The Morgan fingerprint density at radius 1 is 0.276 bits per heavy atom. The fraction of sp³-hybridized carbons (Fsp3) is 0.393. The van der Waals surface area contributed by atoms with Crippen LogP contribution in [0.5, 0.6) is 0 Å². The summed E-state index contributed by atoms with van der Waals surface area (Å²) in [6.45, 7) is -1.12. The van der Waals surface area contributed by atoms with Crippen LogP contribution in [0.2, 0.25) is 0 Å². The van der Waals surface area contributed by atoms with E-state index in [2.05, 4.69) is 20.5 Å². The smallest absolute Gasteiger partial charge is 0.306 e. The molecule has 0 aromatic heterocycles. The molecule has 4 atom stereocenters. The van der Waals surface area contributed by atoms with Crippen LogP contribution in [0.3, 0.4) is 0 Å². The van der Waals surface area contributed by atoms with Gasteiger partial charge in [-0.1, -0.05) is 233 Å². The predicted molar refractivity (Wildman–Crippen MR) is 526 cm³/mol. The summed E-state index contributed by atoms with van der Waals surface area (Å²) < 4.78 is 23.5. The van der Waals surface area contributed by atoms with Gasteiger partial charge in [-0.15, -0.1) is 23.5 Å². The fourth-order valence-electron chi connectivity index (χ4n) is 19.7. The van der Waals surface area contributed by atoms with Gasteiger partial charge in [0.2, 0.25) is 11.6 Å². The number of ketones is 4. The van der Waals surface area contributed by atoms with E-state index in [1.807, 2.05) is 220 Å². The molecule has 2 N–H and O–H groups in total. The molecule has 10 aromatic rings. The molecule has 0 heterocycles. The molecule has 134 heavy (non-hydrogen) atoms. The maximum atomic E-state index is 14.3. The van der Waals surface area contributed by atoms with Crippen LogP contribution in [0.1, 0.15) is 205 Å². The van der Waals surface area contributed by atoms with Crippen molar-refractivity contribution in [1.82, 2.24) is 9.80 Å². The molecule has 10 aromatic carbocycles. The third-order valence-corrected chi connectivity index (χ3v) is 29.3. The van der Waals surface area contributed by atoms with Crippen LogP contribution < -0.4 is 0 Å². The van der Waals surface area contributed by atoms with Crippen molar-refractivity contribution in [2.24, 2.45) is 67.8 Å². The van der Waals surface area contributed by atoms with Crippen molar-refractivity contribution in [3.05, 3.63) is 324 Å². The molecule has 0 amide bonds. The number of likely N-dealkylation sites (N-methyl/N-ethyl adjacent to an activating group) is 2. The largest absolute Gasteiger partial charge is 0.463 e. The molecule has 20 nitrogen and oxygen atoms in total. The van der Waals surface area contributed by atoms with E-state index in [4.69, 9.17) is 18.9 Å². The van der Waals surface area contributed by atoms with E-state index >= 15 is 0 Å². The van der Waals surface area contributed by atoms with Gasteiger partial charge in [0.25, 0.3) is 0 Å². The minimum Gasteiger partial charge on any atom is -0.463 e. The number of carbonyl (C=O) groups is 8. The van der Waals surface area contributed by atoms with Crippen molar-refractivity contribution in [1.29, 1.82) is 0 Å². The molecular formula is C112H126N6O14S2. The minimum atomic E-state index is -2.08. The summed E-state index contributed by atoms with van der Waals surface area (Å²) in [4.78, 5) is 116. The number of hydrogen-bond acceptors (Lipinski definition) is 22. The van der Waals surface area contributed by atoms with Gasteiger partial charge in [-0.2, -0.15) is 20.5 Å². The van der Waals surface area contributed by atoms with E-state index in [9.17, 15) is 48.6 Å². The summed E-state index contributed by atoms with van der Waals surface area (Å²) >= 11 is 3.26. The maximum Gasteiger partial charge on any atom is 0.306 e. The minimum absolute atomic E-state index is 0.0561. The highest BCUT2D eigenvalue weighted by atomic mass is 32.2. The first-order valence-corrected chi connectivity index (χ1v) is 49.6. The molecule has 4 unspecified atom stereocenters. The Morgan fingerprint density at radius 3 is 0.731 bits per heavy atom. The second kappa shape index (κ2) is 48.6. The molecule has 0 saturated heterocycles. The zero-order valence-corrected chi connectivity index (χ0v) is 79.5. The van der Waals surface area contributed by atoms with E-state index in [0.717, 1.165) is 130 Å². The number of esters is 4. The van der Waals surface area contributed by atoms with Crippen LogP contribution in [-0.2, 0) is 60.4 Å². The number of ether oxygens (including phenoxy) is 4. The number of hydrogen-bond donors (Lipinski definition) is 2. The van der Waals surface area contributed by atoms with Gasteiger partial charge in [-0.25, -0.2) is 0 Å². The van der Waals surface area contributed by atoms with Gasteiger partial charge in [0.05, 0.1) is 22.7 Å². The van der Waals surface area contributed by atoms with Gasteiger partial charge in [-0.3, -0.25) is 48.2 Å². The molecule has 0 spiro atoms. The van der Waals surface area contributed by atoms with Gasteiger partial charge < -0.3 is 29.2 Å². The number of aliphatic hydroxyl groups is 2. The Balaban J connectivity index is 0.000000229. The van der Waals surface area contributed by atoms with E-state index in [1.54, 1.807) is 133 Å². The Morgan fingerprint density at radius 2 is 0.485 bits per heavy atom. The van der Waals surface area contributed by atoms with Crippen molar-refractivity contribution in [3.8, 4) is 0 Å². The van der Waals surface area contributed by atoms with Crippen molar-refractivity contribution in [3.63, 3.8) is 0 Å². The zero-order chi connectivity index (χ0) is 94.5. The van der Waals surface area contributed by atoms with Crippen LogP contribution in [0.15, 0.2) is 309 Å². The average Bonchev–Trinajstić information content (AvgIpc) is 0.739. The van der Waals surface area contributed by atoms with Crippen molar-refractivity contribution in [2.75, 3.05) is 67.1 Å².